The van der Waals surface area contributed by atoms with Crippen molar-refractivity contribution in [3.05, 3.63) is 230 Å². The third kappa shape index (κ3) is 7.13. The van der Waals surface area contributed by atoms with Crippen LogP contribution in [0, 0.1) is 23.7 Å². The summed E-state index contributed by atoms with van der Waals surface area (Å²) in [5.41, 5.74) is 21.5. The van der Waals surface area contributed by atoms with Gasteiger partial charge in [-0.2, -0.15) is 0 Å². The highest BCUT2D eigenvalue weighted by Crippen LogP contribution is 2.58. The van der Waals surface area contributed by atoms with Crippen LogP contribution in [0.25, 0.3) is 110 Å². The standard InChI is InChI=1S/C84H69BN4/c1-6-24-52(25-7-1)57-50-74-78-75(51-57)89(80-60(55-30-12-4-13-31-55)38-21-39-61(80)56-32-14-5-15-33-56)84-69(47-49-73-77(84)67-43-23-41-65-63-35-17-19-45-71(63)87(73)82(65)67)85(78)68-46-48-72-76(66-42-22-40-64-62-34-16-18-44-70(62)86(72)81(64)66)83(68)88(74)79-58(53-26-8-2-9-27-53)36-20-37-59(79)54-28-10-3-11-29-54/h1-3,6-11,16-20,22-29,34-37,40-51,55-56,60-61,80H,4-5,12-15,21,30-33,38-39H2/i1D,6D,7D,24D,25D. The van der Waals surface area contributed by atoms with Gasteiger partial charge in [-0.05, 0) is 112 Å². The van der Waals surface area contributed by atoms with Crippen LogP contribution in [0.1, 0.15) is 90.3 Å². The molecule has 5 aliphatic rings. The van der Waals surface area contributed by atoms with E-state index in [4.69, 9.17) is 1.37 Å². The van der Waals surface area contributed by atoms with E-state index in [0.717, 1.165) is 55.9 Å². The summed E-state index contributed by atoms with van der Waals surface area (Å²) < 4.78 is 53.3. The zero-order valence-electron chi connectivity index (χ0n) is 55.0. The lowest BCUT2D eigenvalue weighted by molar-refractivity contribution is 0.0840. The van der Waals surface area contributed by atoms with Crippen LogP contribution in [-0.2, 0) is 0 Å². The molecule has 5 heteroatoms. The molecule has 3 fully saturated rings. The second kappa shape index (κ2) is 19.6. The van der Waals surface area contributed by atoms with Gasteiger partial charge in [0.15, 0.2) is 0 Å². The number of nitrogens with zero attached hydrogens (tertiary/aromatic N) is 4. The van der Waals surface area contributed by atoms with Crippen molar-refractivity contribution in [1.82, 2.24) is 8.80 Å². The van der Waals surface area contributed by atoms with Gasteiger partial charge in [-0.3, -0.25) is 0 Å². The van der Waals surface area contributed by atoms with E-state index in [-0.39, 0.29) is 48.5 Å². The Balaban J connectivity index is 1.01. The zero-order chi connectivity index (χ0) is 62.4. The predicted molar refractivity (Wildman–Crippen MR) is 378 cm³/mol. The molecule has 4 nitrogen and oxygen atoms in total. The van der Waals surface area contributed by atoms with Crippen LogP contribution >= 0.6 is 0 Å². The van der Waals surface area contributed by atoms with Gasteiger partial charge < -0.3 is 18.6 Å². The lowest BCUT2D eigenvalue weighted by Gasteiger charge is -2.55. The molecule has 20 rings (SSSR count). The molecular formula is C84H69BN4. The average Bonchev–Trinajstić information content (AvgIpc) is 1.28. The fraction of sp³-hybridized carbons (Fsp3) is 0.214. The van der Waals surface area contributed by atoms with E-state index in [0.29, 0.717) is 29.2 Å². The second-order valence-corrected chi connectivity index (χ2v) is 26.9. The molecule has 6 heterocycles. The number of fused-ring (bicyclic) bond motifs is 18. The van der Waals surface area contributed by atoms with Crippen LogP contribution in [0.5, 0.6) is 0 Å². The van der Waals surface area contributed by atoms with Gasteiger partial charge in [0, 0.05) is 77.3 Å². The first-order valence-corrected chi connectivity index (χ1v) is 33.3. The molecule has 0 N–H and O–H groups in total. The summed E-state index contributed by atoms with van der Waals surface area (Å²) in [5.74, 6) is 1.93. The van der Waals surface area contributed by atoms with Gasteiger partial charge in [-0.1, -0.05) is 265 Å². The van der Waals surface area contributed by atoms with E-state index in [9.17, 15) is 5.48 Å². The fourth-order valence-corrected chi connectivity index (χ4v) is 19.4. The lowest BCUT2D eigenvalue weighted by atomic mass is 9.33. The summed E-state index contributed by atoms with van der Waals surface area (Å²) in [6.45, 7) is -0.298. The highest BCUT2D eigenvalue weighted by atomic mass is 15.2. The van der Waals surface area contributed by atoms with Crippen LogP contribution in [-0.4, -0.2) is 21.6 Å². The highest BCUT2D eigenvalue weighted by Gasteiger charge is 2.52. The molecule has 4 aromatic heterocycles. The summed E-state index contributed by atoms with van der Waals surface area (Å²) in [6.07, 6.45) is 16.1. The van der Waals surface area contributed by atoms with Crippen molar-refractivity contribution in [3.63, 3.8) is 0 Å². The number of rotatable bonds is 7. The Hall–Kier alpha value is -9.32. The molecule has 0 spiro atoms. The SMILES string of the molecule is [2H]c1c([2H])c([2H])c(-c2cc3c4c(c2)N(C2C(C5CCCCC5)CCCC2C2CCCCC2)c2c(ccc5c2c2cccc6c7ccccc7n5c62)B4c2ccc4c(c2N3c2c(-c3ccccc3)cccc2-c2ccccc2)c2cccc3c5ccccc5n4c32)c([2H])c1[2H]. The van der Waals surface area contributed by atoms with E-state index in [1.54, 1.807) is 0 Å². The van der Waals surface area contributed by atoms with E-state index in [1.165, 1.54) is 171 Å². The van der Waals surface area contributed by atoms with Crippen molar-refractivity contribution in [2.75, 3.05) is 9.80 Å². The first kappa shape index (κ1) is 45.9. The van der Waals surface area contributed by atoms with Gasteiger partial charge in [0.05, 0.1) is 51.3 Å². The van der Waals surface area contributed by atoms with Crippen LogP contribution in [0.2, 0.25) is 0 Å². The van der Waals surface area contributed by atoms with E-state index < -0.39 is 0 Å². The van der Waals surface area contributed by atoms with Gasteiger partial charge in [0.25, 0.3) is 6.71 Å². The molecule has 3 aliphatic carbocycles. The smallest absolute Gasteiger partial charge is 0.252 e. The maximum Gasteiger partial charge on any atom is 0.252 e. The molecule has 11 aromatic carbocycles. The van der Waals surface area contributed by atoms with Crippen molar-refractivity contribution >= 4 is 128 Å². The molecule has 0 saturated heterocycles. The number of anilines is 5. The number of hydrogen-bond acceptors (Lipinski definition) is 2. The van der Waals surface area contributed by atoms with Crippen molar-refractivity contribution in [1.29, 1.82) is 0 Å². The molecule has 2 aliphatic heterocycles. The third-order valence-corrected chi connectivity index (χ3v) is 22.8. The van der Waals surface area contributed by atoms with Crippen molar-refractivity contribution in [3.8, 4) is 33.4 Å². The van der Waals surface area contributed by atoms with E-state index in [2.05, 4.69) is 219 Å². The van der Waals surface area contributed by atoms with Crippen molar-refractivity contribution in [2.45, 2.75) is 89.5 Å². The normalized spacial score (nSPS) is 19.8. The summed E-state index contributed by atoms with van der Waals surface area (Å²) in [6, 6.07) is 73.5. The van der Waals surface area contributed by atoms with Crippen LogP contribution in [0.3, 0.4) is 0 Å². The van der Waals surface area contributed by atoms with E-state index in [1.807, 2.05) is 0 Å². The van der Waals surface area contributed by atoms with Gasteiger partial charge in [0.1, 0.15) is 0 Å². The molecular weight excluding hydrogens is 1080 g/mol. The van der Waals surface area contributed by atoms with Gasteiger partial charge in [-0.15, -0.1) is 0 Å². The molecule has 0 radical (unpaired) electrons. The number of aromatic nitrogens is 2. The minimum atomic E-state index is -0.385. The third-order valence-electron chi connectivity index (χ3n) is 22.8. The Morgan fingerprint density at radius 2 is 0.843 bits per heavy atom. The summed E-state index contributed by atoms with van der Waals surface area (Å²) in [7, 11) is 0. The molecule has 89 heavy (non-hydrogen) atoms. The van der Waals surface area contributed by atoms with Crippen molar-refractivity contribution < 1.29 is 6.85 Å². The Kier molecular flexibility index (Phi) is 10.1. The second-order valence-electron chi connectivity index (χ2n) is 26.9. The van der Waals surface area contributed by atoms with Gasteiger partial charge in [-0.25, -0.2) is 0 Å². The first-order chi connectivity index (χ1) is 46.3. The largest absolute Gasteiger partial charge is 0.338 e. The molecule has 3 saturated carbocycles. The van der Waals surface area contributed by atoms with Crippen LogP contribution in [0.15, 0.2) is 230 Å². The first-order valence-electron chi connectivity index (χ1n) is 35.8. The van der Waals surface area contributed by atoms with Crippen LogP contribution < -0.4 is 26.2 Å². The minimum absolute atomic E-state index is 0.115. The Morgan fingerprint density at radius 1 is 0.360 bits per heavy atom. The lowest BCUT2D eigenvalue weighted by Crippen LogP contribution is -2.64. The zero-order valence-corrected chi connectivity index (χ0v) is 50.0. The molecule has 2 unspecified atom stereocenters. The summed E-state index contributed by atoms with van der Waals surface area (Å²) in [4.78, 5) is 5.59. The number of para-hydroxylation sites is 5. The number of benzene rings is 11. The summed E-state index contributed by atoms with van der Waals surface area (Å²) >= 11 is 0. The minimum Gasteiger partial charge on any atom is -0.338 e. The highest BCUT2D eigenvalue weighted by molar-refractivity contribution is 7.01. The Morgan fingerprint density at radius 3 is 1.42 bits per heavy atom. The Bertz CT molecular complexity index is 5520. The number of hydrogen-bond donors (Lipinski definition) is 0. The molecule has 2 atom stereocenters. The topological polar surface area (TPSA) is 15.3 Å². The monoisotopic (exact) mass is 1150 g/mol. The fourth-order valence-electron chi connectivity index (χ4n) is 19.4. The predicted octanol–water partition coefficient (Wildman–Crippen LogP) is 20.7. The Labute approximate surface area is 527 Å². The maximum atomic E-state index is 10.1. The molecule has 0 bridgehead atoms. The molecule has 15 aromatic rings. The van der Waals surface area contributed by atoms with Crippen molar-refractivity contribution in [2.24, 2.45) is 23.7 Å². The quantitative estimate of drug-likeness (QED) is 0.148. The molecule has 0 amide bonds. The summed E-state index contributed by atoms with van der Waals surface area (Å²) in [5, 5.41) is 9.82. The van der Waals surface area contributed by atoms with Gasteiger partial charge in [0.2, 0.25) is 0 Å². The van der Waals surface area contributed by atoms with E-state index >= 15 is 0 Å². The maximum absolute atomic E-state index is 10.1. The molecule has 428 valence electrons. The van der Waals surface area contributed by atoms with Gasteiger partial charge >= 0.3 is 0 Å². The van der Waals surface area contributed by atoms with Crippen LogP contribution in [0.4, 0.5) is 28.4 Å². The average molecular weight is 1150 g/mol.